The Hall–Kier alpha value is -1.72. The molecule has 1 aromatic heterocycles. The van der Waals surface area contributed by atoms with E-state index in [9.17, 15) is 4.39 Å². The van der Waals surface area contributed by atoms with Gasteiger partial charge in [0.05, 0.1) is 32.0 Å². The highest BCUT2D eigenvalue weighted by molar-refractivity contribution is 14.0. The number of ether oxygens (including phenoxy) is 1. The van der Waals surface area contributed by atoms with Gasteiger partial charge >= 0.3 is 0 Å². The minimum Gasteiger partial charge on any atom is -0.379 e. The molecule has 9 heteroatoms. The zero-order chi connectivity index (χ0) is 21.2. The van der Waals surface area contributed by atoms with Crippen molar-refractivity contribution in [1.82, 2.24) is 25.3 Å². The second-order valence-corrected chi connectivity index (χ2v) is 7.49. The molecule has 0 amide bonds. The minimum absolute atomic E-state index is 0. The average Bonchev–Trinajstić information content (AvgIpc) is 3.18. The van der Waals surface area contributed by atoms with Crippen LogP contribution in [0, 0.1) is 5.82 Å². The quantitative estimate of drug-likeness (QED) is 0.220. The number of hydrogen-bond donors (Lipinski definition) is 2. The van der Waals surface area contributed by atoms with Crippen LogP contribution in [-0.4, -0.2) is 66.6 Å². The van der Waals surface area contributed by atoms with Gasteiger partial charge in [0.1, 0.15) is 5.82 Å². The predicted octanol–water partition coefficient (Wildman–Crippen LogP) is 2.74. The Morgan fingerprint density at radius 1 is 1.23 bits per heavy atom. The third kappa shape index (κ3) is 8.38. The van der Waals surface area contributed by atoms with E-state index in [0.29, 0.717) is 19.8 Å². The van der Waals surface area contributed by atoms with Gasteiger partial charge in [-0.1, -0.05) is 12.1 Å². The van der Waals surface area contributed by atoms with Gasteiger partial charge in [-0.2, -0.15) is 5.10 Å². The number of nitrogens with one attached hydrogen (secondary N) is 2. The van der Waals surface area contributed by atoms with Crippen molar-refractivity contribution >= 4 is 29.9 Å². The van der Waals surface area contributed by atoms with E-state index >= 15 is 0 Å². The number of morpholine rings is 1. The van der Waals surface area contributed by atoms with Gasteiger partial charge in [0.2, 0.25) is 0 Å². The van der Waals surface area contributed by atoms with Crippen LogP contribution in [0.3, 0.4) is 0 Å². The summed E-state index contributed by atoms with van der Waals surface area (Å²) in [6.07, 6.45) is 5.94. The summed E-state index contributed by atoms with van der Waals surface area (Å²) in [6.45, 7) is 7.43. The molecule has 2 heterocycles. The van der Waals surface area contributed by atoms with E-state index in [-0.39, 0.29) is 35.8 Å². The lowest BCUT2D eigenvalue weighted by Crippen LogP contribution is -2.42. The van der Waals surface area contributed by atoms with Crippen molar-refractivity contribution in [3.05, 3.63) is 53.6 Å². The summed E-state index contributed by atoms with van der Waals surface area (Å²) in [5, 5.41) is 11.0. The number of halogens is 2. The molecule has 1 fully saturated rings. The third-order valence-corrected chi connectivity index (χ3v) is 5.20. The van der Waals surface area contributed by atoms with Crippen molar-refractivity contribution < 1.29 is 9.13 Å². The van der Waals surface area contributed by atoms with Crippen molar-refractivity contribution in [1.29, 1.82) is 0 Å². The highest BCUT2D eigenvalue weighted by Crippen LogP contribution is 2.22. The van der Waals surface area contributed by atoms with Gasteiger partial charge in [0.25, 0.3) is 0 Å². The lowest BCUT2D eigenvalue weighted by Gasteiger charge is -2.34. The first kappa shape index (κ1) is 25.5. The molecule has 1 aliphatic rings. The zero-order valence-electron chi connectivity index (χ0n) is 18.4. The molecule has 0 aliphatic carbocycles. The van der Waals surface area contributed by atoms with Gasteiger partial charge in [-0.15, -0.1) is 24.0 Å². The molecular weight excluding hydrogens is 510 g/mol. The Bertz CT molecular complexity index is 792. The van der Waals surface area contributed by atoms with Crippen molar-refractivity contribution in [2.45, 2.75) is 25.8 Å². The van der Waals surface area contributed by atoms with Gasteiger partial charge in [0.15, 0.2) is 5.96 Å². The number of nitrogens with zero attached hydrogens (tertiary/aromatic N) is 4. The van der Waals surface area contributed by atoms with E-state index in [1.165, 1.54) is 17.7 Å². The van der Waals surface area contributed by atoms with E-state index < -0.39 is 0 Å². The highest BCUT2D eigenvalue weighted by Gasteiger charge is 2.22. The second-order valence-electron chi connectivity index (χ2n) is 7.49. The molecule has 1 aliphatic heterocycles. The molecule has 1 saturated heterocycles. The van der Waals surface area contributed by atoms with Crippen LogP contribution in [0.1, 0.15) is 30.5 Å². The molecule has 0 radical (unpaired) electrons. The van der Waals surface area contributed by atoms with Crippen LogP contribution in [-0.2, 0) is 18.2 Å². The van der Waals surface area contributed by atoms with Crippen LogP contribution in [0.5, 0.6) is 0 Å². The molecule has 1 unspecified atom stereocenters. The van der Waals surface area contributed by atoms with Crippen molar-refractivity contribution in [3.8, 4) is 0 Å². The fourth-order valence-electron chi connectivity index (χ4n) is 3.63. The first-order chi connectivity index (χ1) is 14.7. The summed E-state index contributed by atoms with van der Waals surface area (Å²) in [6, 6.07) is 6.86. The van der Waals surface area contributed by atoms with Gasteiger partial charge in [-0.05, 0) is 43.0 Å². The third-order valence-electron chi connectivity index (χ3n) is 5.20. The smallest absolute Gasteiger partial charge is 0.191 e. The summed E-state index contributed by atoms with van der Waals surface area (Å²) in [4.78, 5) is 7.21. The van der Waals surface area contributed by atoms with Gasteiger partial charge in [0, 0.05) is 39.4 Å². The van der Waals surface area contributed by atoms with Crippen LogP contribution >= 0.6 is 24.0 Å². The molecule has 2 aromatic rings. The Labute approximate surface area is 201 Å². The molecule has 2 N–H and O–H groups in total. The minimum atomic E-state index is -0.216. The first-order valence-corrected chi connectivity index (χ1v) is 10.7. The topological polar surface area (TPSA) is 66.7 Å². The van der Waals surface area contributed by atoms with Crippen LogP contribution < -0.4 is 10.6 Å². The SMILES string of the molecule is CCNC(=NCC(c1ccc(F)cc1)N1CCOCC1)NCCCc1cnn(C)c1.I. The summed E-state index contributed by atoms with van der Waals surface area (Å²) in [5.41, 5.74) is 2.32. The molecular formula is C22H34FIN6O. The maximum absolute atomic E-state index is 13.4. The average molecular weight is 544 g/mol. The number of benzene rings is 1. The number of rotatable bonds is 9. The van der Waals surface area contributed by atoms with Crippen LogP contribution in [0.4, 0.5) is 4.39 Å². The largest absolute Gasteiger partial charge is 0.379 e. The zero-order valence-corrected chi connectivity index (χ0v) is 20.7. The number of hydrogen-bond acceptors (Lipinski definition) is 4. The van der Waals surface area contributed by atoms with E-state index in [1.807, 2.05) is 30.1 Å². The molecule has 31 heavy (non-hydrogen) atoms. The molecule has 0 saturated carbocycles. The standard InChI is InChI=1S/C22H33FN6O.HI/c1-3-24-22(25-10-4-5-18-15-27-28(2)17-18)26-16-21(29-11-13-30-14-12-29)19-6-8-20(23)9-7-19;/h6-9,15,17,21H,3-5,10-14,16H2,1-2H3,(H2,24,25,26);1H. The van der Waals surface area contributed by atoms with Crippen molar-refractivity contribution in [2.24, 2.45) is 12.0 Å². The van der Waals surface area contributed by atoms with E-state index in [4.69, 9.17) is 9.73 Å². The molecule has 7 nitrogen and oxygen atoms in total. The lowest BCUT2D eigenvalue weighted by atomic mass is 10.0. The molecule has 1 atom stereocenters. The fourth-order valence-corrected chi connectivity index (χ4v) is 3.63. The monoisotopic (exact) mass is 544 g/mol. The number of aryl methyl sites for hydroxylation is 2. The Morgan fingerprint density at radius 3 is 2.61 bits per heavy atom. The van der Waals surface area contributed by atoms with Crippen LogP contribution in [0.25, 0.3) is 0 Å². The van der Waals surface area contributed by atoms with Crippen molar-refractivity contribution in [2.75, 3.05) is 45.9 Å². The van der Waals surface area contributed by atoms with Crippen molar-refractivity contribution in [3.63, 3.8) is 0 Å². The van der Waals surface area contributed by atoms with E-state index in [1.54, 1.807) is 0 Å². The normalized spacial score (nSPS) is 15.9. The second kappa shape index (κ2) is 13.6. The highest BCUT2D eigenvalue weighted by atomic mass is 127. The van der Waals surface area contributed by atoms with Gasteiger partial charge in [-0.3, -0.25) is 14.6 Å². The van der Waals surface area contributed by atoms with E-state index in [0.717, 1.165) is 50.5 Å². The van der Waals surface area contributed by atoms with Gasteiger partial charge < -0.3 is 15.4 Å². The molecule has 0 bridgehead atoms. The Kier molecular flexibility index (Phi) is 11.2. The van der Waals surface area contributed by atoms with Gasteiger partial charge in [-0.25, -0.2) is 4.39 Å². The first-order valence-electron chi connectivity index (χ1n) is 10.7. The maximum atomic E-state index is 13.4. The Balaban J connectivity index is 0.00000341. The van der Waals surface area contributed by atoms with Crippen LogP contribution in [0.2, 0.25) is 0 Å². The number of aliphatic imine (C=N–C) groups is 1. The summed E-state index contributed by atoms with van der Waals surface area (Å²) in [5.74, 6) is 0.593. The molecule has 172 valence electrons. The molecule has 1 aromatic carbocycles. The number of guanidine groups is 1. The summed E-state index contributed by atoms with van der Waals surface area (Å²) in [7, 11) is 1.93. The number of aromatic nitrogens is 2. The summed E-state index contributed by atoms with van der Waals surface area (Å²) >= 11 is 0. The predicted molar refractivity (Wildman–Crippen MR) is 132 cm³/mol. The summed E-state index contributed by atoms with van der Waals surface area (Å²) < 4.78 is 20.8. The fraction of sp³-hybridized carbons (Fsp3) is 0.545. The maximum Gasteiger partial charge on any atom is 0.191 e. The van der Waals surface area contributed by atoms with E-state index in [2.05, 4.69) is 33.8 Å². The lowest BCUT2D eigenvalue weighted by molar-refractivity contribution is 0.0179. The molecule has 3 rings (SSSR count). The Morgan fingerprint density at radius 2 is 1.97 bits per heavy atom. The van der Waals surface area contributed by atoms with Crippen LogP contribution in [0.15, 0.2) is 41.7 Å². The molecule has 0 spiro atoms.